The molecule has 1 heterocycles. The highest BCUT2D eigenvalue weighted by molar-refractivity contribution is 7.09. The fraction of sp³-hybridized carbons (Fsp3) is 0.583. The van der Waals surface area contributed by atoms with Crippen molar-refractivity contribution in [2.24, 2.45) is 5.92 Å². The molecule has 0 spiro atoms. The normalized spacial score (nSPS) is 11.9. The summed E-state index contributed by atoms with van der Waals surface area (Å²) >= 11 is 1.29. The molecule has 19 heavy (non-hydrogen) atoms. The summed E-state index contributed by atoms with van der Waals surface area (Å²) in [5.74, 6) is -0.565. The molecule has 1 rings (SSSR count). The maximum Gasteiger partial charge on any atom is 0.355 e. The second-order valence-electron chi connectivity index (χ2n) is 4.33. The maximum absolute atomic E-state index is 11.4. The number of hydrogen-bond donors (Lipinski definition) is 3. The highest BCUT2D eigenvalue weighted by Crippen LogP contribution is 2.09. The van der Waals surface area contributed by atoms with E-state index in [0.717, 1.165) is 6.42 Å². The summed E-state index contributed by atoms with van der Waals surface area (Å²) in [7, 11) is 0. The van der Waals surface area contributed by atoms with Gasteiger partial charge in [-0.1, -0.05) is 20.3 Å². The molecule has 2 amide bonds. The Labute approximate surface area is 116 Å². The molecule has 0 saturated heterocycles. The van der Waals surface area contributed by atoms with Gasteiger partial charge < -0.3 is 15.7 Å². The van der Waals surface area contributed by atoms with Crippen LogP contribution in [0, 0.1) is 5.92 Å². The van der Waals surface area contributed by atoms with Gasteiger partial charge in [-0.15, -0.1) is 11.3 Å². The SMILES string of the molecule is CCC(C)CNC(=O)NCCc1nc(C(=O)O)cs1. The van der Waals surface area contributed by atoms with Gasteiger partial charge in [0.05, 0.1) is 5.01 Å². The van der Waals surface area contributed by atoms with Crippen LogP contribution in [-0.4, -0.2) is 35.2 Å². The van der Waals surface area contributed by atoms with Crippen molar-refractivity contribution in [3.63, 3.8) is 0 Å². The van der Waals surface area contributed by atoms with Crippen LogP contribution in [0.3, 0.4) is 0 Å². The highest BCUT2D eigenvalue weighted by atomic mass is 32.1. The monoisotopic (exact) mass is 285 g/mol. The van der Waals surface area contributed by atoms with Crippen molar-refractivity contribution in [3.05, 3.63) is 16.1 Å². The number of nitrogens with one attached hydrogen (secondary N) is 2. The van der Waals surface area contributed by atoms with Crippen LogP contribution in [0.1, 0.15) is 35.8 Å². The van der Waals surface area contributed by atoms with Crippen molar-refractivity contribution in [2.75, 3.05) is 13.1 Å². The molecule has 7 heteroatoms. The first-order valence-electron chi connectivity index (χ1n) is 6.22. The van der Waals surface area contributed by atoms with Gasteiger partial charge in [0.1, 0.15) is 0 Å². The summed E-state index contributed by atoms with van der Waals surface area (Å²) in [6.07, 6.45) is 1.56. The van der Waals surface area contributed by atoms with Crippen molar-refractivity contribution in [1.82, 2.24) is 15.6 Å². The van der Waals surface area contributed by atoms with E-state index in [4.69, 9.17) is 5.11 Å². The lowest BCUT2D eigenvalue weighted by atomic mass is 10.1. The molecule has 3 N–H and O–H groups in total. The third-order valence-electron chi connectivity index (χ3n) is 2.70. The van der Waals surface area contributed by atoms with Crippen molar-refractivity contribution >= 4 is 23.3 Å². The molecule has 1 aromatic rings. The Morgan fingerprint density at radius 3 is 2.79 bits per heavy atom. The third kappa shape index (κ3) is 5.69. The number of carbonyl (C=O) groups is 2. The van der Waals surface area contributed by atoms with Gasteiger partial charge in [-0.05, 0) is 5.92 Å². The van der Waals surface area contributed by atoms with Gasteiger partial charge >= 0.3 is 12.0 Å². The fourth-order valence-electron chi connectivity index (χ4n) is 1.28. The first-order chi connectivity index (χ1) is 9.02. The number of aromatic carboxylic acids is 1. The van der Waals surface area contributed by atoms with Crippen LogP contribution in [-0.2, 0) is 6.42 Å². The summed E-state index contributed by atoms with van der Waals surface area (Å²) in [6.45, 7) is 5.25. The van der Waals surface area contributed by atoms with Crippen LogP contribution >= 0.6 is 11.3 Å². The quantitative estimate of drug-likeness (QED) is 0.711. The molecule has 0 aliphatic carbocycles. The van der Waals surface area contributed by atoms with Gasteiger partial charge in [-0.2, -0.15) is 0 Å². The molecule has 1 unspecified atom stereocenters. The maximum atomic E-state index is 11.4. The molecule has 0 aliphatic heterocycles. The zero-order valence-corrected chi connectivity index (χ0v) is 11.9. The first-order valence-corrected chi connectivity index (χ1v) is 7.10. The Morgan fingerprint density at radius 2 is 2.21 bits per heavy atom. The van der Waals surface area contributed by atoms with E-state index in [-0.39, 0.29) is 11.7 Å². The van der Waals surface area contributed by atoms with Crippen molar-refractivity contribution in [1.29, 1.82) is 0 Å². The van der Waals surface area contributed by atoms with Crippen LogP contribution < -0.4 is 10.6 Å². The molecule has 6 nitrogen and oxygen atoms in total. The van der Waals surface area contributed by atoms with Gasteiger partial charge in [0.15, 0.2) is 5.69 Å². The summed E-state index contributed by atoms with van der Waals surface area (Å²) in [6, 6.07) is -0.199. The standard InChI is InChI=1S/C12H19N3O3S/c1-3-8(2)6-14-12(18)13-5-4-10-15-9(7-19-10)11(16)17/h7-8H,3-6H2,1-2H3,(H,16,17)(H2,13,14,18). The lowest BCUT2D eigenvalue weighted by Gasteiger charge is -2.10. The van der Waals surface area contributed by atoms with Crippen LogP contribution in [0.5, 0.6) is 0 Å². The molecule has 0 bridgehead atoms. The molecule has 1 aromatic heterocycles. The number of aromatic nitrogens is 1. The molecule has 0 fully saturated rings. The number of nitrogens with zero attached hydrogens (tertiary/aromatic N) is 1. The number of hydrogen-bond acceptors (Lipinski definition) is 4. The zero-order chi connectivity index (χ0) is 14.3. The first kappa shape index (κ1) is 15.4. The summed E-state index contributed by atoms with van der Waals surface area (Å²) in [4.78, 5) is 26.0. The van der Waals surface area contributed by atoms with Gasteiger partial charge in [-0.25, -0.2) is 14.6 Å². The lowest BCUT2D eigenvalue weighted by molar-refractivity contribution is 0.0691. The number of thiazole rings is 1. The van der Waals surface area contributed by atoms with Crippen LogP contribution in [0.15, 0.2) is 5.38 Å². The van der Waals surface area contributed by atoms with Crippen LogP contribution in [0.2, 0.25) is 0 Å². The predicted molar refractivity (Wildman–Crippen MR) is 73.6 cm³/mol. The smallest absolute Gasteiger partial charge is 0.355 e. The number of rotatable bonds is 7. The molecule has 106 valence electrons. The minimum atomic E-state index is -1.03. The Bertz CT molecular complexity index is 434. The number of amides is 2. The van der Waals surface area contributed by atoms with Gasteiger partial charge in [0, 0.05) is 24.9 Å². The largest absolute Gasteiger partial charge is 0.476 e. The predicted octanol–water partition coefficient (Wildman–Crippen LogP) is 1.73. The number of carbonyl (C=O) groups excluding carboxylic acids is 1. The van der Waals surface area contributed by atoms with Gasteiger partial charge in [0.2, 0.25) is 0 Å². The molecule has 0 aliphatic rings. The second-order valence-corrected chi connectivity index (χ2v) is 5.27. The highest BCUT2D eigenvalue weighted by Gasteiger charge is 2.08. The van der Waals surface area contributed by atoms with E-state index < -0.39 is 5.97 Å². The Morgan fingerprint density at radius 1 is 1.47 bits per heavy atom. The Kier molecular flexibility index (Phi) is 6.27. The molecule has 0 saturated carbocycles. The average molecular weight is 285 g/mol. The third-order valence-corrected chi connectivity index (χ3v) is 3.61. The topological polar surface area (TPSA) is 91.3 Å². The summed E-state index contributed by atoms with van der Waals surface area (Å²) < 4.78 is 0. The Balaban J connectivity index is 2.22. The molecule has 1 atom stereocenters. The number of urea groups is 1. The number of carboxylic acid groups (broad SMARTS) is 1. The summed E-state index contributed by atoms with van der Waals surface area (Å²) in [5, 5.41) is 16.4. The fourth-order valence-corrected chi connectivity index (χ4v) is 2.05. The van der Waals surface area contributed by atoms with Crippen molar-refractivity contribution in [3.8, 4) is 0 Å². The van der Waals surface area contributed by atoms with E-state index in [9.17, 15) is 9.59 Å². The summed E-state index contributed by atoms with van der Waals surface area (Å²) in [5.41, 5.74) is 0.0567. The van der Waals surface area contributed by atoms with Crippen LogP contribution in [0.4, 0.5) is 4.79 Å². The van der Waals surface area contributed by atoms with Crippen molar-refractivity contribution in [2.45, 2.75) is 26.7 Å². The molecular formula is C12H19N3O3S. The van der Waals surface area contributed by atoms with E-state index in [1.165, 1.54) is 16.7 Å². The Hall–Kier alpha value is -1.63. The van der Waals surface area contributed by atoms with E-state index in [0.29, 0.717) is 30.4 Å². The van der Waals surface area contributed by atoms with E-state index in [1.807, 2.05) is 0 Å². The molecule has 0 radical (unpaired) electrons. The lowest BCUT2D eigenvalue weighted by Crippen LogP contribution is -2.38. The molecule has 0 aromatic carbocycles. The minimum Gasteiger partial charge on any atom is -0.476 e. The van der Waals surface area contributed by atoms with E-state index in [1.54, 1.807) is 0 Å². The molecular weight excluding hydrogens is 266 g/mol. The zero-order valence-electron chi connectivity index (χ0n) is 11.1. The minimum absolute atomic E-state index is 0.0567. The second kappa shape index (κ2) is 7.73. The van der Waals surface area contributed by atoms with Crippen LogP contribution in [0.25, 0.3) is 0 Å². The average Bonchev–Trinajstić information content (AvgIpc) is 2.85. The van der Waals surface area contributed by atoms with Gasteiger partial charge in [0.25, 0.3) is 0 Å². The van der Waals surface area contributed by atoms with E-state index in [2.05, 4.69) is 29.5 Å². The number of carboxylic acids is 1. The van der Waals surface area contributed by atoms with Crippen molar-refractivity contribution < 1.29 is 14.7 Å². The van der Waals surface area contributed by atoms with Gasteiger partial charge in [-0.3, -0.25) is 0 Å². The van der Waals surface area contributed by atoms with E-state index >= 15 is 0 Å².